The highest BCUT2D eigenvalue weighted by molar-refractivity contribution is 7.09. The van der Waals surface area contributed by atoms with Crippen LogP contribution in [0.15, 0.2) is 0 Å². The van der Waals surface area contributed by atoms with Gasteiger partial charge in [0, 0.05) is 23.6 Å². The van der Waals surface area contributed by atoms with Crippen molar-refractivity contribution in [3.8, 4) is 0 Å². The lowest BCUT2D eigenvalue weighted by atomic mass is 10.0. The summed E-state index contributed by atoms with van der Waals surface area (Å²) in [6, 6.07) is 1.16. The third-order valence-corrected chi connectivity index (χ3v) is 3.22. The minimum atomic E-state index is 0.554. The van der Waals surface area contributed by atoms with Gasteiger partial charge in [-0.15, -0.1) is 0 Å². The van der Waals surface area contributed by atoms with Crippen molar-refractivity contribution in [3.63, 3.8) is 0 Å². The third kappa shape index (κ3) is 2.42. The van der Waals surface area contributed by atoms with Crippen molar-refractivity contribution in [2.24, 2.45) is 0 Å². The number of nitrogens with one attached hydrogen (secondary N) is 2. The Hall–Kier alpha value is -0.680. The zero-order valence-corrected chi connectivity index (χ0v) is 9.40. The van der Waals surface area contributed by atoms with E-state index in [2.05, 4.69) is 26.9 Å². The molecule has 0 aliphatic carbocycles. The first-order chi connectivity index (χ1) is 6.74. The Morgan fingerprint density at radius 1 is 1.57 bits per heavy atom. The lowest BCUT2D eigenvalue weighted by Crippen LogP contribution is -2.41. The van der Waals surface area contributed by atoms with E-state index in [1.165, 1.54) is 24.4 Å². The predicted octanol–water partition coefficient (Wildman–Crippen LogP) is 1.40. The quantitative estimate of drug-likeness (QED) is 0.778. The Morgan fingerprint density at radius 3 is 3.07 bits per heavy atom. The first-order valence-electron chi connectivity index (χ1n) is 5.04. The molecular formula is C9H16N4S. The van der Waals surface area contributed by atoms with Crippen molar-refractivity contribution in [1.82, 2.24) is 14.7 Å². The molecule has 2 heterocycles. The predicted molar refractivity (Wildman–Crippen MR) is 58.8 cm³/mol. The molecule has 1 fully saturated rings. The van der Waals surface area contributed by atoms with Gasteiger partial charge >= 0.3 is 0 Å². The Morgan fingerprint density at radius 2 is 2.43 bits per heavy atom. The molecule has 78 valence electrons. The second kappa shape index (κ2) is 4.23. The summed E-state index contributed by atoms with van der Waals surface area (Å²) in [4.78, 5) is 4.31. The number of hydrogen-bond donors (Lipinski definition) is 2. The topological polar surface area (TPSA) is 49.8 Å². The number of nitrogens with zero attached hydrogens (tertiary/aromatic N) is 2. The summed E-state index contributed by atoms with van der Waals surface area (Å²) >= 11 is 1.45. The van der Waals surface area contributed by atoms with Crippen LogP contribution in [0.25, 0.3) is 0 Å². The lowest BCUT2D eigenvalue weighted by molar-refractivity contribution is 0.396. The zero-order chi connectivity index (χ0) is 9.97. The molecule has 4 nitrogen and oxygen atoms in total. The minimum absolute atomic E-state index is 0.554. The number of aromatic nitrogens is 2. The van der Waals surface area contributed by atoms with Crippen LogP contribution in [0.5, 0.6) is 0 Å². The molecule has 0 bridgehead atoms. The Balaban J connectivity index is 1.90. The maximum atomic E-state index is 4.31. The van der Waals surface area contributed by atoms with Crippen molar-refractivity contribution >= 4 is 16.7 Å². The van der Waals surface area contributed by atoms with E-state index in [9.17, 15) is 0 Å². The number of piperidine rings is 1. The molecule has 0 radical (unpaired) electrons. The Kier molecular flexibility index (Phi) is 2.98. The molecule has 1 aromatic heterocycles. The maximum Gasteiger partial charge on any atom is 0.202 e. The number of rotatable bonds is 2. The van der Waals surface area contributed by atoms with Gasteiger partial charge in [0.25, 0.3) is 0 Å². The van der Waals surface area contributed by atoms with Crippen molar-refractivity contribution in [2.45, 2.75) is 38.8 Å². The molecule has 5 heteroatoms. The molecule has 0 saturated carbocycles. The molecule has 2 unspecified atom stereocenters. The summed E-state index contributed by atoms with van der Waals surface area (Å²) in [7, 11) is 0. The normalized spacial score (nSPS) is 27.6. The minimum Gasteiger partial charge on any atom is -0.357 e. The number of aryl methyl sites for hydroxylation is 1. The molecule has 1 aliphatic rings. The van der Waals surface area contributed by atoms with E-state index in [0.29, 0.717) is 12.1 Å². The molecule has 2 rings (SSSR count). The van der Waals surface area contributed by atoms with Crippen molar-refractivity contribution in [3.05, 3.63) is 5.82 Å². The van der Waals surface area contributed by atoms with Crippen LogP contribution >= 0.6 is 11.5 Å². The highest BCUT2D eigenvalue weighted by Gasteiger charge is 2.18. The van der Waals surface area contributed by atoms with Crippen LogP contribution in [-0.4, -0.2) is 28.0 Å². The van der Waals surface area contributed by atoms with Gasteiger partial charge in [-0.3, -0.25) is 0 Å². The van der Waals surface area contributed by atoms with Gasteiger partial charge in [0.15, 0.2) is 0 Å². The van der Waals surface area contributed by atoms with Gasteiger partial charge in [0.1, 0.15) is 5.82 Å². The Labute approximate surface area is 88.3 Å². The van der Waals surface area contributed by atoms with E-state index in [4.69, 9.17) is 0 Å². The summed E-state index contributed by atoms with van der Waals surface area (Å²) in [6.07, 6.45) is 2.33. The average Bonchev–Trinajstić information content (AvgIpc) is 2.51. The van der Waals surface area contributed by atoms with Gasteiger partial charge in [-0.05, 0) is 33.2 Å². The van der Waals surface area contributed by atoms with Crippen LogP contribution in [0, 0.1) is 6.92 Å². The molecule has 2 N–H and O–H groups in total. The van der Waals surface area contributed by atoms with Gasteiger partial charge in [0.05, 0.1) is 0 Å². The van der Waals surface area contributed by atoms with Gasteiger partial charge in [-0.1, -0.05) is 0 Å². The number of anilines is 1. The summed E-state index contributed by atoms with van der Waals surface area (Å²) in [5, 5.41) is 7.83. The van der Waals surface area contributed by atoms with Crippen LogP contribution in [0.2, 0.25) is 0 Å². The van der Waals surface area contributed by atoms with Crippen LogP contribution in [0.3, 0.4) is 0 Å². The van der Waals surface area contributed by atoms with Gasteiger partial charge in [-0.2, -0.15) is 4.37 Å². The third-order valence-electron chi connectivity index (χ3n) is 2.48. The molecule has 1 saturated heterocycles. The summed E-state index contributed by atoms with van der Waals surface area (Å²) in [5.41, 5.74) is 0. The van der Waals surface area contributed by atoms with E-state index >= 15 is 0 Å². The van der Waals surface area contributed by atoms with Gasteiger partial charge in [-0.25, -0.2) is 4.98 Å². The fraction of sp³-hybridized carbons (Fsp3) is 0.778. The van der Waals surface area contributed by atoms with Crippen molar-refractivity contribution in [1.29, 1.82) is 0 Å². The maximum absolute atomic E-state index is 4.31. The fourth-order valence-corrected chi connectivity index (χ4v) is 2.45. The number of hydrogen-bond acceptors (Lipinski definition) is 5. The molecule has 0 amide bonds. The highest BCUT2D eigenvalue weighted by Crippen LogP contribution is 2.17. The second-order valence-electron chi connectivity index (χ2n) is 3.87. The standard InChI is InChI=1S/C9H16N4S/c1-6-5-8(3-4-10-6)12-9-11-7(2)13-14-9/h6,8,10H,3-5H2,1-2H3,(H,11,12,13). The molecule has 0 aromatic carbocycles. The van der Waals surface area contributed by atoms with Crippen LogP contribution < -0.4 is 10.6 Å². The average molecular weight is 212 g/mol. The summed E-state index contributed by atoms with van der Waals surface area (Å²) in [5.74, 6) is 0.861. The van der Waals surface area contributed by atoms with Crippen molar-refractivity contribution in [2.75, 3.05) is 11.9 Å². The van der Waals surface area contributed by atoms with Crippen LogP contribution in [0.1, 0.15) is 25.6 Å². The van der Waals surface area contributed by atoms with E-state index in [0.717, 1.165) is 17.5 Å². The van der Waals surface area contributed by atoms with E-state index in [1.54, 1.807) is 0 Å². The first kappa shape index (κ1) is 9.86. The van der Waals surface area contributed by atoms with E-state index in [-0.39, 0.29) is 0 Å². The van der Waals surface area contributed by atoms with E-state index < -0.39 is 0 Å². The molecule has 1 aliphatic heterocycles. The zero-order valence-electron chi connectivity index (χ0n) is 8.58. The molecule has 14 heavy (non-hydrogen) atoms. The monoisotopic (exact) mass is 212 g/mol. The SMILES string of the molecule is Cc1nsc(NC2CCNC(C)C2)n1. The molecular weight excluding hydrogens is 196 g/mol. The summed E-state index contributed by atoms with van der Waals surface area (Å²) < 4.78 is 4.15. The molecule has 0 spiro atoms. The first-order valence-corrected chi connectivity index (χ1v) is 5.81. The molecule has 1 aromatic rings. The second-order valence-corrected chi connectivity index (χ2v) is 4.62. The largest absolute Gasteiger partial charge is 0.357 e. The van der Waals surface area contributed by atoms with Crippen LogP contribution in [0.4, 0.5) is 5.13 Å². The smallest absolute Gasteiger partial charge is 0.202 e. The van der Waals surface area contributed by atoms with E-state index in [1.807, 2.05) is 6.92 Å². The van der Waals surface area contributed by atoms with Gasteiger partial charge in [0.2, 0.25) is 5.13 Å². The van der Waals surface area contributed by atoms with Crippen molar-refractivity contribution < 1.29 is 0 Å². The van der Waals surface area contributed by atoms with Gasteiger partial charge < -0.3 is 10.6 Å². The Bertz CT molecular complexity index is 299. The summed E-state index contributed by atoms with van der Waals surface area (Å²) in [6.45, 7) is 5.24. The van der Waals surface area contributed by atoms with Crippen LogP contribution in [-0.2, 0) is 0 Å². The fourth-order valence-electron chi connectivity index (χ4n) is 1.79. The highest BCUT2D eigenvalue weighted by atomic mass is 32.1. The lowest BCUT2D eigenvalue weighted by Gasteiger charge is -2.28. The molecule has 2 atom stereocenters.